The summed E-state index contributed by atoms with van der Waals surface area (Å²) in [6.45, 7) is 5.44. The minimum atomic E-state index is 0.0600. The van der Waals surface area contributed by atoms with Gasteiger partial charge in [-0.2, -0.15) is 5.10 Å². The van der Waals surface area contributed by atoms with E-state index in [9.17, 15) is 4.79 Å². The third-order valence-electron chi connectivity index (χ3n) is 4.79. The Hall–Kier alpha value is -3.15. The minimum Gasteiger partial charge on any atom is -0.384 e. The second kappa shape index (κ2) is 6.29. The lowest BCUT2D eigenvalue weighted by molar-refractivity contribution is 0.0497. The summed E-state index contributed by atoms with van der Waals surface area (Å²) in [5, 5.41) is 4.51. The molecule has 6 nitrogen and oxygen atoms in total. The molecule has 1 aliphatic heterocycles. The molecule has 1 amide bonds. The van der Waals surface area contributed by atoms with Crippen LogP contribution >= 0.6 is 0 Å². The number of aryl methyl sites for hydroxylation is 2. The van der Waals surface area contributed by atoms with Crippen molar-refractivity contribution in [3.05, 3.63) is 65.6 Å². The summed E-state index contributed by atoms with van der Waals surface area (Å²) in [7, 11) is 0. The second-order valence-corrected chi connectivity index (χ2v) is 6.78. The maximum atomic E-state index is 12.7. The van der Waals surface area contributed by atoms with Crippen molar-refractivity contribution >= 4 is 11.7 Å². The lowest BCUT2D eigenvalue weighted by Crippen LogP contribution is -2.51. The molecule has 0 radical (unpaired) electrons. The average molecular weight is 347 g/mol. The van der Waals surface area contributed by atoms with Crippen LogP contribution in [0.15, 0.2) is 48.7 Å². The van der Waals surface area contributed by atoms with Crippen LogP contribution in [0, 0.1) is 13.8 Å². The van der Waals surface area contributed by atoms with Crippen molar-refractivity contribution in [2.75, 3.05) is 18.8 Å². The van der Waals surface area contributed by atoms with Crippen LogP contribution in [0.25, 0.3) is 11.1 Å². The quantitative estimate of drug-likeness (QED) is 0.790. The number of pyridine rings is 1. The monoisotopic (exact) mass is 347 g/mol. The molecule has 3 heterocycles. The number of aromatic nitrogens is 3. The van der Waals surface area contributed by atoms with Gasteiger partial charge in [-0.05, 0) is 49.7 Å². The Morgan fingerprint density at radius 3 is 2.35 bits per heavy atom. The highest BCUT2D eigenvalue weighted by atomic mass is 16.2. The normalized spacial score (nSPS) is 14.3. The van der Waals surface area contributed by atoms with Gasteiger partial charge in [0.25, 0.3) is 5.91 Å². The molecule has 1 fully saturated rings. The summed E-state index contributed by atoms with van der Waals surface area (Å²) in [6, 6.07) is 13.6. The van der Waals surface area contributed by atoms with E-state index in [1.165, 1.54) is 0 Å². The first kappa shape index (κ1) is 16.3. The fourth-order valence-electron chi connectivity index (χ4n) is 3.36. The van der Waals surface area contributed by atoms with Crippen molar-refractivity contribution < 1.29 is 4.79 Å². The highest BCUT2D eigenvalue weighted by molar-refractivity contribution is 5.95. The van der Waals surface area contributed by atoms with Gasteiger partial charge >= 0.3 is 0 Å². The van der Waals surface area contributed by atoms with Crippen LogP contribution in [0.5, 0.6) is 0 Å². The smallest absolute Gasteiger partial charge is 0.253 e. The van der Waals surface area contributed by atoms with E-state index in [0.29, 0.717) is 24.5 Å². The van der Waals surface area contributed by atoms with Crippen LogP contribution in [0.4, 0.5) is 5.82 Å². The number of likely N-dealkylation sites (tertiary alicyclic amines) is 1. The van der Waals surface area contributed by atoms with Crippen molar-refractivity contribution in [3.8, 4) is 11.1 Å². The van der Waals surface area contributed by atoms with Crippen LogP contribution in [0.2, 0.25) is 0 Å². The summed E-state index contributed by atoms with van der Waals surface area (Å²) < 4.78 is 2.02. The molecule has 2 N–H and O–H groups in total. The highest BCUT2D eigenvalue weighted by Gasteiger charge is 2.33. The number of hydrogen-bond donors (Lipinski definition) is 1. The zero-order valence-electron chi connectivity index (χ0n) is 14.9. The van der Waals surface area contributed by atoms with Gasteiger partial charge in [-0.1, -0.05) is 12.1 Å². The third-order valence-corrected chi connectivity index (χ3v) is 4.79. The zero-order valence-corrected chi connectivity index (χ0v) is 14.9. The van der Waals surface area contributed by atoms with E-state index in [2.05, 4.69) is 23.1 Å². The Labute approximate surface area is 152 Å². The fourth-order valence-corrected chi connectivity index (χ4v) is 3.36. The standard InChI is InChI=1S/C20H21N5O/c1-13-9-14(2)25(23-13)18-11-24(12-18)20(26)16-5-3-15(4-6-16)17-7-8-19(21)22-10-17/h3-10,18H,11-12H2,1-2H3,(H2,21,22). The van der Waals surface area contributed by atoms with Crippen LogP contribution in [0.1, 0.15) is 27.8 Å². The van der Waals surface area contributed by atoms with Gasteiger partial charge < -0.3 is 10.6 Å². The molecule has 26 heavy (non-hydrogen) atoms. The summed E-state index contributed by atoms with van der Waals surface area (Å²) in [5.74, 6) is 0.556. The first-order chi connectivity index (χ1) is 12.5. The maximum absolute atomic E-state index is 12.7. The van der Waals surface area contributed by atoms with Crippen molar-refractivity contribution in [2.24, 2.45) is 0 Å². The summed E-state index contributed by atoms with van der Waals surface area (Å²) in [4.78, 5) is 18.6. The maximum Gasteiger partial charge on any atom is 0.253 e. The van der Waals surface area contributed by atoms with E-state index >= 15 is 0 Å². The molecule has 0 saturated carbocycles. The van der Waals surface area contributed by atoms with Gasteiger partial charge in [0.1, 0.15) is 5.82 Å². The van der Waals surface area contributed by atoms with Crippen LogP contribution in [0.3, 0.4) is 0 Å². The Balaban J connectivity index is 1.43. The summed E-state index contributed by atoms with van der Waals surface area (Å²) in [5.41, 5.74) is 10.5. The van der Waals surface area contributed by atoms with E-state index in [-0.39, 0.29) is 11.9 Å². The number of carbonyl (C=O) groups excluding carboxylic acids is 1. The highest BCUT2D eigenvalue weighted by Crippen LogP contribution is 2.26. The first-order valence-corrected chi connectivity index (χ1v) is 8.65. The van der Waals surface area contributed by atoms with E-state index < -0.39 is 0 Å². The van der Waals surface area contributed by atoms with Gasteiger partial charge in [-0.3, -0.25) is 9.48 Å². The Bertz CT molecular complexity index is 937. The number of anilines is 1. The van der Waals surface area contributed by atoms with Crippen molar-refractivity contribution in [1.29, 1.82) is 0 Å². The zero-order chi connectivity index (χ0) is 18.3. The molecule has 1 aliphatic rings. The number of carbonyl (C=O) groups is 1. The number of hydrogen-bond acceptors (Lipinski definition) is 4. The largest absolute Gasteiger partial charge is 0.384 e. The van der Waals surface area contributed by atoms with Crippen LogP contribution < -0.4 is 5.73 Å². The molecule has 2 aromatic heterocycles. The van der Waals surface area contributed by atoms with Gasteiger partial charge in [0.15, 0.2) is 0 Å². The molecule has 0 spiro atoms. The average Bonchev–Trinajstić information content (AvgIpc) is 2.92. The molecule has 132 valence electrons. The van der Waals surface area contributed by atoms with Gasteiger partial charge in [-0.15, -0.1) is 0 Å². The van der Waals surface area contributed by atoms with E-state index in [4.69, 9.17) is 5.73 Å². The van der Waals surface area contributed by atoms with Crippen molar-refractivity contribution in [2.45, 2.75) is 19.9 Å². The number of amides is 1. The lowest BCUT2D eigenvalue weighted by Gasteiger charge is -2.39. The Kier molecular flexibility index (Phi) is 3.95. The predicted octanol–water partition coefficient (Wildman–Crippen LogP) is 2.84. The Morgan fingerprint density at radius 1 is 1.08 bits per heavy atom. The predicted molar refractivity (Wildman–Crippen MR) is 101 cm³/mol. The van der Waals surface area contributed by atoms with Gasteiger partial charge in [-0.25, -0.2) is 4.98 Å². The number of nitrogen functional groups attached to an aromatic ring is 1. The number of benzene rings is 1. The third kappa shape index (κ3) is 2.94. The molecular weight excluding hydrogens is 326 g/mol. The molecule has 0 aliphatic carbocycles. The fraction of sp³-hybridized carbons (Fsp3) is 0.250. The van der Waals surface area contributed by atoms with Gasteiger partial charge in [0, 0.05) is 36.1 Å². The van der Waals surface area contributed by atoms with Crippen LogP contribution in [-0.4, -0.2) is 38.7 Å². The van der Waals surface area contributed by atoms with Gasteiger partial charge in [0.05, 0.1) is 11.7 Å². The molecule has 6 heteroatoms. The summed E-state index contributed by atoms with van der Waals surface area (Å²) >= 11 is 0. The van der Waals surface area contributed by atoms with Crippen LogP contribution in [-0.2, 0) is 0 Å². The first-order valence-electron chi connectivity index (χ1n) is 8.65. The summed E-state index contributed by atoms with van der Waals surface area (Å²) in [6.07, 6.45) is 1.74. The topological polar surface area (TPSA) is 77.0 Å². The molecule has 1 saturated heterocycles. The van der Waals surface area contributed by atoms with Crippen molar-refractivity contribution in [3.63, 3.8) is 0 Å². The molecule has 1 aromatic carbocycles. The van der Waals surface area contributed by atoms with Crippen molar-refractivity contribution in [1.82, 2.24) is 19.7 Å². The van der Waals surface area contributed by atoms with E-state index in [0.717, 1.165) is 22.5 Å². The van der Waals surface area contributed by atoms with E-state index in [1.54, 1.807) is 12.3 Å². The molecular formula is C20H21N5O. The molecule has 4 rings (SSSR count). The number of nitrogens with zero attached hydrogens (tertiary/aromatic N) is 4. The number of nitrogens with two attached hydrogens (primary N) is 1. The SMILES string of the molecule is Cc1cc(C)n(C2CN(C(=O)c3ccc(-c4ccc(N)nc4)cc3)C2)n1. The Morgan fingerprint density at radius 2 is 1.77 bits per heavy atom. The van der Waals surface area contributed by atoms with Gasteiger partial charge in [0.2, 0.25) is 0 Å². The minimum absolute atomic E-state index is 0.0600. The number of rotatable bonds is 3. The molecule has 0 bridgehead atoms. The second-order valence-electron chi connectivity index (χ2n) is 6.78. The van der Waals surface area contributed by atoms with E-state index in [1.807, 2.05) is 46.8 Å². The molecule has 0 atom stereocenters. The lowest BCUT2D eigenvalue weighted by atomic mass is 10.0. The molecule has 0 unspecified atom stereocenters. The molecule has 3 aromatic rings.